The molecule has 2 aromatic rings. The third kappa shape index (κ3) is 2.07. The van der Waals surface area contributed by atoms with Crippen LogP contribution >= 0.6 is 0 Å². The number of methoxy groups -OCH3 is 1. The van der Waals surface area contributed by atoms with E-state index in [-0.39, 0.29) is 0 Å². The summed E-state index contributed by atoms with van der Waals surface area (Å²) in [7, 11) is 1.60. The topological polar surface area (TPSA) is 66.0 Å². The van der Waals surface area contributed by atoms with Crippen molar-refractivity contribution in [3.05, 3.63) is 36.2 Å². The van der Waals surface area contributed by atoms with Crippen LogP contribution in [-0.2, 0) is 6.54 Å². The molecular weight excluding hydrogens is 192 g/mol. The SMILES string of the molecule is COc1ncccc1Cn1ccc(N)n1. The van der Waals surface area contributed by atoms with Crippen molar-refractivity contribution < 1.29 is 4.74 Å². The number of ether oxygens (including phenoxy) is 1. The molecule has 0 aliphatic rings. The first-order valence-corrected chi connectivity index (χ1v) is 4.56. The Hall–Kier alpha value is -2.04. The van der Waals surface area contributed by atoms with Crippen LogP contribution in [-0.4, -0.2) is 21.9 Å². The van der Waals surface area contributed by atoms with Crippen molar-refractivity contribution in [2.45, 2.75) is 6.54 Å². The van der Waals surface area contributed by atoms with Crippen molar-refractivity contribution in [3.8, 4) is 5.88 Å². The van der Waals surface area contributed by atoms with E-state index < -0.39 is 0 Å². The Balaban J connectivity index is 2.23. The van der Waals surface area contributed by atoms with Crippen molar-refractivity contribution in [2.75, 3.05) is 12.8 Å². The molecule has 5 heteroatoms. The first-order chi connectivity index (χ1) is 7.29. The van der Waals surface area contributed by atoms with Gasteiger partial charge in [-0.05, 0) is 12.1 Å². The largest absolute Gasteiger partial charge is 0.481 e. The van der Waals surface area contributed by atoms with Crippen LogP contribution in [0.25, 0.3) is 0 Å². The number of nitrogens with zero attached hydrogens (tertiary/aromatic N) is 3. The van der Waals surface area contributed by atoms with E-state index in [4.69, 9.17) is 10.5 Å². The van der Waals surface area contributed by atoms with Crippen molar-refractivity contribution >= 4 is 5.82 Å². The van der Waals surface area contributed by atoms with E-state index in [9.17, 15) is 0 Å². The fourth-order valence-electron chi connectivity index (χ4n) is 1.37. The Morgan fingerprint density at radius 3 is 3.00 bits per heavy atom. The maximum absolute atomic E-state index is 5.52. The quantitative estimate of drug-likeness (QED) is 0.807. The third-order valence-corrected chi connectivity index (χ3v) is 2.04. The lowest BCUT2D eigenvalue weighted by Crippen LogP contribution is -2.03. The summed E-state index contributed by atoms with van der Waals surface area (Å²) >= 11 is 0. The van der Waals surface area contributed by atoms with Crippen molar-refractivity contribution in [1.29, 1.82) is 0 Å². The van der Waals surface area contributed by atoms with E-state index in [1.807, 2.05) is 18.3 Å². The third-order valence-electron chi connectivity index (χ3n) is 2.04. The molecule has 2 N–H and O–H groups in total. The predicted molar refractivity (Wildman–Crippen MR) is 56.5 cm³/mol. The van der Waals surface area contributed by atoms with Crippen molar-refractivity contribution in [1.82, 2.24) is 14.8 Å². The highest BCUT2D eigenvalue weighted by Gasteiger charge is 2.04. The number of aromatic nitrogens is 3. The van der Waals surface area contributed by atoms with Gasteiger partial charge in [-0.15, -0.1) is 0 Å². The lowest BCUT2D eigenvalue weighted by molar-refractivity contribution is 0.390. The van der Waals surface area contributed by atoms with Gasteiger partial charge < -0.3 is 10.5 Å². The van der Waals surface area contributed by atoms with Gasteiger partial charge in [0.2, 0.25) is 5.88 Å². The first-order valence-electron chi connectivity index (χ1n) is 4.56. The molecule has 0 saturated carbocycles. The molecule has 0 fully saturated rings. The highest BCUT2D eigenvalue weighted by atomic mass is 16.5. The van der Waals surface area contributed by atoms with Gasteiger partial charge >= 0.3 is 0 Å². The Morgan fingerprint density at radius 2 is 2.33 bits per heavy atom. The molecule has 2 heterocycles. The average molecular weight is 204 g/mol. The molecule has 0 saturated heterocycles. The van der Waals surface area contributed by atoms with Crippen LogP contribution in [0.5, 0.6) is 5.88 Å². The fourth-order valence-corrected chi connectivity index (χ4v) is 1.37. The van der Waals surface area contributed by atoms with Gasteiger partial charge in [0.15, 0.2) is 0 Å². The summed E-state index contributed by atoms with van der Waals surface area (Å²) in [6.07, 6.45) is 3.52. The molecule has 2 rings (SSSR count). The second-order valence-corrected chi connectivity index (χ2v) is 3.11. The van der Waals surface area contributed by atoms with Gasteiger partial charge in [-0.2, -0.15) is 5.10 Å². The van der Waals surface area contributed by atoms with Crippen LogP contribution in [0, 0.1) is 0 Å². The van der Waals surface area contributed by atoms with E-state index in [1.54, 1.807) is 24.1 Å². The molecule has 0 atom stereocenters. The van der Waals surface area contributed by atoms with E-state index in [1.165, 1.54) is 0 Å². The number of anilines is 1. The number of pyridine rings is 1. The minimum atomic E-state index is 0.512. The molecule has 2 aromatic heterocycles. The standard InChI is InChI=1S/C10H12N4O/c1-15-10-8(3-2-5-12-10)7-14-6-4-9(11)13-14/h2-6H,7H2,1H3,(H2,11,13). The van der Waals surface area contributed by atoms with Gasteiger partial charge in [0.05, 0.1) is 13.7 Å². The van der Waals surface area contributed by atoms with Crippen LogP contribution in [0.15, 0.2) is 30.6 Å². The number of nitrogen functional groups attached to an aromatic ring is 1. The minimum absolute atomic E-state index is 0.512. The Bertz CT molecular complexity index is 452. The van der Waals surface area contributed by atoms with E-state index in [0.29, 0.717) is 18.2 Å². The molecule has 78 valence electrons. The number of hydrogen-bond acceptors (Lipinski definition) is 4. The van der Waals surface area contributed by atoms with Crippen molar-refractivity contribution in [2.24, 2.45) is 0 Å². The second-order valence-electron chi connectivity index (χ2n) is 3.11. The van der Waals surface area contributed by atoms with E-state index >= 15 is 0 Å². The zero-order valence-electron chi connectivity index (χ0n) is 8.42. The van der Waals surface area contributed by atoms with Crippen LogP contribution in [0.1, 0.15) is 5.56 Å². The van der Waals surface area contributed by atoms with E-state index in [2.05, 4.69) is 10.1 Å². The van der Waals surface area contributed by atoms with Gasteiger partial charge in [0, 0.05) is 18.0 Å². The molecule has 0 bridgehead atoms. The lowest BCUT2D eigenvalue weighted by Gasteiger charge is -2.06. The molecule has 0 aliphatic heterocycles. The van der Waals surface area contributed by atoms with Gasteiger partial charge in [-0.25, -0.2) is 4.98 Å². The molecular formula is C10H12N4O. The minimum Gasteiger partial charge on any atom is -0.481 e. The molecule has 0 amide bonds. The van der Waals surface area contributed by atoms with Gasteiger partial charge in [0.25, 0.3) is 0 Å². The zero-order valence-corrected chi connectivity index (χ0v) is 8.42. The molecule has 0 aromatic carbocycles. The predicted octanol–water partition coefficient (Wildman–Crippen LogP) is 0.917. The normalized spacial score (nSPS) is 10.2. The average Bonchev–Trinajstić information content (AvgIpc) is 2.65. The Kier molecular flexibility index (Phi) is 2.53. The highest BCUT2D eigenvalue weighted by Crippen LogP contribution is 2.14. The maximum atomic E-state index is 5.52. The van der Waals surface area contributed by atoms with Crippen molar-refractivity contribution in [3.63, 3.8) is 0 Å². The molecule has 0 unspecified atom stereocenters. The maximum Gasteiger partial charge on any atom is 0.218 e. The zero-order chi connectivity index (χ0) is 10.7. The Morgan fingerprint density at radius 1 is 1.47 bits per heavy atom. The lowest BCUT2D eigenvalue weighted by atomic mass is 10.3. The molecule has 0 spiro atoms. The summed E-state index contributed by atoms with van der Waals surface area (Å²) < 4.78 is 6.89. The second kappa shape index (κ2) is 4.00. The molecule has 0 radical (unpaired) electrons. The first kappa shape index (κ1) is 9.51. The van der Waals surface area contributed by atoms with E-state index in [0.717, 1.165) is 5.56 Å². The van der Waals surface area contributed by atoms with Gasteiger partial charge in [-0.3, -0.25) is 4.68 Å². The number of rotatable bonds is 3. The van der Waals surface area contributed by atoms with Gasteiger partial charge in [0.1, 0.15) is 5.82 Å². The van der Waals surface area contributed by atoms with Crippen LogP contribution in [0.4, 0.5) is 5.82 Å². The van der Waals surface area contributed by atoms with Crippen LogP contribution in [0.3, 0.4) is 0 Å². The fraction of sp³-hybridized carbons (Fsp3) is 0.200. The highest BCUT2D eigenvalue weighted by molar-refractivity contribution is 5.27. The summed E-state index contributed by atoms with van der Waals surface area (Å²) in [5, 5.41) is 4.09. The smallest absolute Gasteiger partial charge is 0.218 e. The monoisotopic (exact) mass is 204 g/mol. The molecule has 15 heavy (non-hydrogen) atoms. The van der Waals surface area contributed by atoms with Crippen LogP contribution in [0.2, 0.25) is 0 Å². The molecule has 5 nitrogen and oxygen atoms in total. The number of nitrogens with two attached hydrogens (primary N) is 1. The van der Waals surface area contributed by atoms with Gasteiger partial charge in [-0.1, -0.05) is 6.07 Å². The summed E-state index contributed by atoms with van der Waals surface area (Å²) in [6, 6.07) is 5.57. The van der Waals surface area contributed by atoms with Crippen LogP contribution < -0.4 is 10.5 Å². The summed E-state index contributed by atoms with van der Waals surface area (Å²) in [4.78, 5) is 4.11. The molecule has 0 aliphatic carbocycles. The summed E-state index contributed by atoms with van der Waals surface area (Å²) in [5.74, 6) is 1.13. The summed E-state index contributed by atoms with van der Waals surface area (Å²) in [6.45, 7) is 0.605. The Labute approximate surface area is 87.5 Å². The number of hydrogen-bond donors (Lipinski definition) is 1. The summed E-state index contributed by atoms with van der Waals surface area (Å²) in [5.41, 5.74) is 6.50.